The van der Waals surface area contributed by atoms with Crippen LogP contribution in [0.1, 0.15) is 10.6 Å². The average Bonchev–Trinajstić information content (AvgIpc) is 2.49. The van der Waals surface area contributed by atoms with Crippen molar-refractivity contribution >= 4 is 17.1 Å². The van der Waals surface area contributed by atoms with Gasteiger partial charge in [-0.1, -0.05) is 0 Å². The maximum Gasteiger partial charge on any atom is 1.00 e. The number of hydrogen-bond acceptors (Lipinski definition) is 5. The maximum atomic E-state index is 10.3. The number of carboxylic acid groups (broad SMARTS) is 1. The standard InChI is InChI=1S/C6H4N4O2.Na/c11-6(12)5-7-1-3-4(10-5)9-2-8-3;/h1-2H,(H,11,12)(H,7,8,9,10);/q;+1/p-1. The van der Waals surface area contributed by atoms with Crippen molar-refractivity contribution in [3.05, 3.63) is 18.3 Å². The van der Waals surface area contributed by atoms with Gasteiger partial charge in [-0.3, -0.25) is 0 Å². The number of imidazole rings is 1. The van der Waals surface area contributed by atoms with Crippen LogP contribution in [0.15, 0.2) is 12.5 Å². The number of hydrogen-bond donors (Lipinski definition) is 1. The molecule has 0 bridgehead atoms. The second-order valence-electron chi connectivity index (χ2n) is 2.12. The molecular weight excluding hydrogens is 183 g/mol. The van der Waals surface area contributed by atoms with Crippen molar-refractivity contribution in [3.63, 3.8) is 0 Å². The molecule has 7 heteroatoms. The zero-order valence-corrected chi connectivity index (χ0v) is 8.81. The first-order valence-corrected chi connectivity index (χ1v) is 3.15. The molecule has 0 radical (unpaired) electrons. The molecule has 0 amide bonds. The summed E-state index contributed by atoms with van der Waals surface area (Å²) in [6, 6.07) is 0. The monoisotopic (exact) mass is 186 g/mol. The molecule has 60 valence electrons. The van der Waals surface area contributed by atoms with Gasteiger partial charge in [0.1, 0.15) is 11.5 Å². The van der Waals surface area contributed by atoms with E-state index in [9.17, 15) is 9.90 Å². The van der Waals surface area contributed by atoms with E-state index in [0.717, 1.165) is 0 Å². The SMILES string of the molecule is O=C([O-])c1ncc2[nH]cnc2n1.[Na+]. The summed E-state index contributed by atoms with van der Waals surface area (Å²) < 4.78 is 0. The van der Waals surface area contributed by atoms with Crippen molar-refractivity contribution in [3.8, 4) is 0 Å². The van der Waals surface area contributed by atoms with Crippen LogP contribution >= 0.6 is 0 Å². The van der Waals surface area contributed by atoms with Crippen LogP contribution in [0.5, 0.6) is 0 Å². The quantitative estimate of drug-likeness (QED) is 0.455. The van der Waals surface area contributed by atoms with Crippen molar-refractivity contribution in [1.29, 1.82) is 0 Å². The van der Waals surface area contributed by atoms with Crippen LogP contribution < -0.4 is 34.7 Å². The number of rotatable bonds is 1. The van der Waals surface area contributed by atoms with Gasteiger partial charge in [0.25, 0.3) is 0 Å². The Hall–Kier alpha value is -0.980. The van der Waals surface area contributed by atoms with E-state index in [1.165, 1.54) is 12.5 Å². The Morgan fingerprint density at radius 2 is 2.23 bits per heavy atom. The van der Waals surface area contributed by atoms with Gasteiger partial charge in [0.15, 0.2) is 11.5 Å². The third-order valence-corrected chi connectivity index (χ3v) is 1.36. The van der Waals surface area contributed by atoms with Gasteiger partial charge < -0.3 is 14.9 Å². The minimum absolute atomic E-state index is 0. The van der Waals surface area contributed by atoms with Crippen molar-refractivity contribution in [1.82, 2.24) is 19.9 Å². The minimum atomic E-state index is -1.40. The zero-order valence-electron chi connectivity index (χ0n) is 6.81. The summed E-state index contributed by atoms with van der Waals surface area (Å²) in [5.74, 6) is -1.76. The number of carbonyl (C=O) groups is 1. The molecule has 6 nitrogen and oxygen atoms in total. The van der Waals surface area contributed by atoms with Crippen LogP contribution in [0, 0.1) is 0 Å². The molecule has 2 aromatic heterocycles. The predicted molar refractivity (Wildman–Crippen MR) is 36.0 cm³/mol. The molecule has 1 N–H and O–H groups in total. The van der Waals surface area contributed by atoms with E-state index in [4.69, 9.17) is 0 Å². The van der Waals surface area contributed by atoms with E-state index in [1.54, 1.807) is 0 Å². The van der Waals surface area contributed by atoms with E-state index >= 15 is 0 Å². The third kappa shape index (κ3) is 1.85. The average molecular weight is 186 g/mol. The van der Waals surface area contributed by atoms with Crippen molar-refractivity contribution in [2.24, 2.45) is 0 Å². The van der Waals surface area contributed by atoms with Gasteiger partial charge in [-0.15, -0.1) is 0 Å². The second kappa shape index (κ2) is 3.82. The number of nitrogens with one attached hydrogen (secondary N) is 1. The zero-order chi connectivity index (χ0) is 8.55. The molecular formula is C6H3N4NaO2. The molecule has 0 atom stereocenters. The Balaban J connectivity index is 0.000000845. The van der Waals surface area contributed by atoms with E-state index < -0.39 is 5.97 Å². The molecule has 0 aliphatic heterocycles. The Morgan fingerprint density at radius 3 is 2.92 bits per heavy atom. The van der Waals surface area contributed by atoms with Gasteiger partial charge in [-0.25, -0.2) is 15.0 Å². The summed E-state index contributed by atoms with van der Waals surface area (Å²) in [7, 11) is 0. The van der Waals surface area contributed by atoms with Gasteiger partial charge in [-0.05, 0) is 0 Å². The molecule has 0 aromatic carbocycles. The number of H-pyrrole nitrogens is 1. The summed E-state index contributed by atoms with van der Waals surface area (Å²) in [5.41, 5.74) is 0.921. The fourth-order valence-electron chi connectivity index (χ4n) is 0.834. The molecule has 0 aliphatic rings. The summed E-state index contributed by atoms with van der Waals surface area (Å²) >= 11 is 0. The molecule has 2 rings (SSSR count). The van der Waals surface area contributed by atoms with Gasteiger partial charge in [0.05, 0.1) is 12.5 Å². The van der Waals surface area contributed by atoms with E-state index in [1.807, 2.05) is 0 Å². The molecule has 2 heterocycles. The predicted octanol–water partition coefficient (Wildman–Crippen LogP) is -4.28. The van der Waals surface area contributed by atoms with Crippen molar-refractivity contribution < 1.29 is 39.5 Å². The van der Waals surface area contributed by atoms with Crippen LogP contribution in [0.25, 0.3) is 11.2 Å². The Kier molecular flexibility index (Phi) is 2.97. The fourth-order valence-corrected chi connectivity index (χ4v) is 0.834. The summed E-state index contributed by atoms with van der Waals surface area (Å²) in [4.78, 5) is 23.9. The molecule has 0 fully saturated rings. The topological polar surface area (TPSA) is 94.6 Å². The van der Waals surface area contributed by atoms with Gasteiger partial charge in [0, 0.05) is 0 Å². The van der Waals surface area contributed by atoms with E-state index in [0.29, 0.717) is 11.2 Å². The third-order valence-electron chi connectivity index (χ3n) is 1.36. The molecule has 0 spiro atoms. The van der Waals surface area contributed by atoms with Gasteiger partial charge in [-0.2, -0.15) is 0 Å². The van der Waals surface area contributed by atoms with Crippen LogP contribution in [0.2, 0.25) is 0 Å². The van der Waals surface area contributed by atoms with Gasteiger partial charge in [0.2, 0.25) is 0 Å². The van der Waals surface area contributed by atoms with E-state index in [-0.39, 0.29) is 35.4 Å². The van der Waals surface area contributed by atoms with Crippen LogP contribution in [-0.2, 0) is 0 Å². The number of carboxylic acids is 1. The number of aromatic nitrogens is 4. The Morgan fingerprint density at radius 1 is 1.46 bits per heavy atom. The summed E-state index contributed by atoms with van der Waals surface area (Å²) in [6.07, 6.45) is 2.76. The van der Waals surface area contributed by atoms with Crippen LogP contribution in [-0.4, -0.2) is 25.9 Å². The fraction of sp³-hybridized carbons (Fsp3) is 0. The molecule has 13 heavy (non-hydrogen) atoms. The van der Waals surface area contributed by atoms with Crippen LogP contribution in [0.4, 0.5) is 0 Å². The largest absolute Gasteiger partial charge is 1.00 e. The van der Waals surface area contributed by atoms with Gasteiger partial charge >= 0.3 is 29.6 Å². The van der Waals surface area contributed by atoms with E-state index in [2.05, 4.69) is 19.9 Å². The van der Waals surface area contributed by atoms with Crippen LogP contribution in [0.3, 0.4) is 0 Å². The maximum absolute atomic E-state index is 10.3. The molecule has 0 aliphatic carbocycles. The van der Waals surface area contributed by atoms with Crippen molar-refractivity contribution in [2.75, 3.05) is 0 Å². The summed E-state index contributed by atoms with van der Waals surface area (Å²) in [6.45, 7) is 0. The number of aromatic carboxylic acids is 1. The number of carbonyl (C=O) groups excluding carboxylic acids is 1. The first-order valence-electron chi connectivity index (χ1n) is 3.15. The summed E-state index contributed by atoms with van der Waals surface area (Å²) in [5, 5.41) is 10.3. The number of fused-ring (bicyclic) bond motifs is 1. The normalized spacial score (nSPS) is 9.54. The first-order chi connectivity index (χ1) is 5.77. The number of aromatic amines is 1. The Bertz CT molecular complexity index is 441. The molecule has 0 saturated heterocycles. The number of nitrogens with zero attached hydrogens (tertiary/aromatic N) is 3. The molecule has 2 aromatic rings. The minimum Gasteiger partial charge on any atom is -0.542 e. The second-order valence-corrected chi connectivity index (χ2v) is 2.12. The van der Waals surface area contributed by atoms with Crippen molar-refractivity contribution in [2.45, 2.75) is 0 Å². The molecule has 0 saturated carbocycles. The smallest absolute Gasteiger partial charge is 0.542 e. The first kappa shape index (κ1) is 10.1. The Labute approximate surface area is 94.7 Å². The molecule has 0 unspecified atom stereocenters.